The minimum absolute atomic E-state index is 0.178. The molecule has 2 rings (SSSR count). The molecule has 1 aliphatic heterocycles. The van der Waals surface area contributed by atoms with Gasteiger partial charge in [-0.05, 0) is 6.07 Å². The predicted molar refractivity (Wildman–Crippen MR) is 46.2 cm³/mol. The van der Waals surface area contributed by atoms with E-state index < -0.39 is 22.8 Å². The Labute approximate surface area is 87.4 Å². The predicted octanol–water partition coefficient (Wildman–Crippen LogP) is 2.44. The summed E-state index contributed by atoms with van der Waals surface area (Å²) in [5, 5.41) is -0.686. The van der Waals surface area contributed by atoms with Crippen molar-refractivity contribution in [3.05, 3.63) is 33.1 Å². The Hall–Kier alpha value is -1.13. The summed E-state index contributed by atoms with van der Waals surface area (Å²) in [5.41, 5.74) is -0.370. The van der Waals surface area contributed by atoms with Crippen LogP contribution in [0.2, 0.25) is 10.0 Å². The molecule has 1 aliphatic rings. The fourth-order valence-electron chi connectivity index (χ4n) is 1.15. The van der Waals surface area contributed by atoms with Crippen molar-refractivity contribution in [2.45, 2.75) is 0 Å². The second kappa shape index (κ2) is 2.93. The van der Waals surface area contributed by atoms with Gasteiger partial charge >= 0.3 is 11.9 Å². The highest BCUT2D eigenvalue weighted by Crippen LogP contribution is 2.35. The maximum absolute atomic E-state index is 13.0. The third-order valence-corrected chi connectivity index (χ3v) is 2.62. The van der Waals surface area contributed by atoms with E-state index in [0.717, 1.165) is 6.07 Å². The number of hydrogen-bond acceptors (Lipinski definition) is 3. The number of halogens is 3. The van der Waals surface area contributed by atoms with E-state index in [-0.39, 0.29) is 16.1 Å². The molecule has 0 bridgehead atoms. The second-order valence-corrected chi connectivity index (χ2v) is 3.34. The van der Waals surface area contributed by atoms with Gasteiger partial charge in [0.15, 0.2) is 0 Å². The van der Waals surface area contributed by atoms with Gasteiger partial charge in [0.2, 0.25) is 0 Å². The molecule has 1 aromatic rings. The summed E-state index contributed by atoms with van der Waals surface area (Å²) >= 11 is 11.0. The average Bonchev–Trinajstić information content (AvgIpc) is 2.38. The van der Waals surface area contributed by atoms with Gasteiger partial charge in [0.05, 0.1) is 21.2 Å². The Balaban J connectivity index is 2.82. The molecule has 0 aliphatic carbocycles. The Morgan fingerprint density at radius 2 is 1.79 bits per heavy atom. The number of carbonyl (C=O) groups excluding carboxylic acids is 2. The second-order valence-electron chi connectivity index (χ2n) is 2.59. The van der Waals surface area contributed by atoms with Gasteiger partial charge in [-0.3, -0.25) is 0 Å². The molecule has 6 heteroatoms. The lowest BCUT2D eigenvalue weighted by Gasteiger charge is -2.00. The van der Waals surface area contributed by atoms with Crippen molar-refractivity contribution >= 4 is 35.1 Å². The third-order valence-electron chi connectivity index (χ3n) is 1.77. The molecule has 0 aromatic heterocycles. The van der Waals surface area contributed by atoms with Crippen molar-refractivity contribution in [3.8, 4) is 0 Å². The molecule has 0 saturated carbocycles. The molecule has 0 radical (unpaired) electrons. The quantitative estimate of drug-likeness (QED) is 0.394. The fraction of sp³-hybridized carbons (Fsp3) is 0. The number of ether oxygens (including phenoxy) is 1. The molecule has 0 spiro atoms. The minimum Gasteiger partial charge on any atom is -0.386 e. The first kappa shape index (κ1) is 9.43. The first-order valence-corrected chi connectivity index (χ1v) is 4.22. The summed E-state index contributed by atoms with van der Waals surface area (Å²) in [6, 6.07) is 0.830. The monoisotopic (exact) mass is 234 g/mol. The van der Waals surface area contributed by atoms with E-state index in [1.165, 1.54) is 0 Å². The van der Waals surface area contributed by atoms with Crippen LogP contribution in [-0.4, -0.2) is 11.9 Å². The molecular weight excluding hydrogens is 234 g/mol. The van der Waals surface area contributed by atoms with Crippen LogP contribution in [0.1, 0.15) is 20.7 Å². The lowest BCUT2D eigenvalue weighted by Crippen LogP contribution is -1.97. The van der Waals surface area contributed by atoms with Crippen molar-refractivity contribution in [3.63, 3.8) is 0 Å². The number of carbonyl (C=O) groups is 2. The highest BCUT2D eigenvalue weighted by molar-refractivity contribution is 6.45. The average molecular weight is 235 g/mol. The molecule has 3 nitrogen and oxygen atoms in total. The lowest BCUT2D eigenvalue weighted by atomic mass is 10.1. The van der Waals surface area contributed by atoms with Crippen LogP contribution in [0.5, 0.6) is 0 Å². The molecule has 72 valence electrons. The zero-order valence-electron chi connectivity index (χ0n) is 6.44. The van der Waals surface area contributed by atoms with E-state index in [4.69, 9.17) is 23.2 Å². The number of esters is 2. The van der Waals surface area contributed by atoms with E-state index in [1.807, 2.05) is 0 Å². The summed E-state index contributed by atoms with van der Waals surface area (Å²) < 4.78 is 17.2. The van der Waals surface area contributed by atoms with E-state index in [0.29, 0.717) is 0 Å². The zero-order chi connectivity index (χ0) is 10.5. The highest BCUT2D eigenvalue weighted by atomic mass is 35.5. The van der Waals surface area contributed by atoms with Crippen LogP contribution in [0.3, 0.4) is 0 Å². The van der Waals surface area contributed by atoms with Gasteiger partial charge in [-0.15, -0.1) is 0 Å². The largest absolute Gasteiger partial charge is 0.386 e. The summed E-state index contributed by atoms with van der Waals surface area (Å²) in [5.74, 6) is -2.68. The Morgan fingerprint density at radius 3 is 2.43 bits per heavy atom. The Bertz CT molecular complexity index is 470. The van der Waals surface area contributed by atoms with Gasteiger partial charge < -0.3 is 4.74 Å². The Morgan fingerprint density at radius 1 is 1.14 bits per heavy atom. The molecule has 0 atom stereocenters. The van der Waals surface area contributed by atoms with Crippen LogP contribution in [0.4, 0.5) is 4.39 Å². The molecule has 0 fully saturated rings. The van der Waals surface area contributed by atoms with Crippen LogP contribution in [0, 0.1) is 5.82 Å². The minimum atomic E-state index is -0.914. The van der Waals surface area contributed by atoms with Gasteiger partial charge in [-0.1, -0.05) is 23.2 Å². The summed E-state index contributed by atoms with van der Waals surface area (Å²) in [4.78, 5) is 22.0. The van der Waals surface area contributed by atoms with Crippen LogP contribution < -0.4 is 0 Å². The van der Waals surface area contributed by atoms with Crippen LogP contribution in [-0.2, 0) is 4.74 Å². The Kier molecular flexibility index (Phi) is 1.97. The number of benzene rings is 1. The molecule has 0 saturated heterocycles. The van der Waals surface area contributed by atoms with Crippen molar-refractivity contribution < 1.29 is 18.7 Å². The van der Waals surface area contributed by atoms with Gasteiger partial charge in [-0.2, -0.15) is 0 Å². The van der Waals surface area contributed by atoms with Crippen LogP contribution in [0.15, 0.2) is 6.07 Å². The topological polar surface area (TPSA) is 43.4 Å². The molecule has 1 heterocycles. The van der Waals surface area contributed by atoms with Crippen molar-refractivity contribution in [1.82, 2.24) is 0 Å². The third kappa shape index (κ3) is 1.11. The standard InChI is InChI=1S/C8HCl2FO3/c9-5-3(11)1-2-4(6(5)10)8(13)14-7(2)12/h1H. The zero-order valence-corrected chi connectivity index (χ0v) is 7.95. The number of fused-ring (bicyclic) bond motifs is 1. The first-order valence-electron chi connectivity index (χ1n) is 3.46. The van der Waals surface area contributed by atoms with Crippen molar-refractivity contribution in [1.29, 1.82) is 0 Å². The van der Waals surface area contributed by atoms with Crippen LogP contribution in [0.25, 0.3) is 0 Å². The van der Waals surface area contributed by atoms with E-state index in [2.05, 4.69) is 4.74 Å². The summed E-state index contributed by atoms with van der Waals surface area (Å²) in [7, 11) is 0. The fourth-order valence-corrected chi connectivity index (χ4v) is 1.56. The lowest BCUT2D eigenvalue weighted by molar-refractivity contribution is 0.0444. The molecule has 0 N–H and O–H groups in total. The molecular formula is C8HCl2FO3. The van der Waals surface area contributed by atoms with Crippen molar-refractivity contribution in [2.24, 2.45) is 0 Å². The molecule has 14 heavy (non-hydrogen) atoms. The first-order chi connectivity index (χ1) is 6.52. The number of rotatable bonds is 0. The molecule has 0 unspecified atom stereocenters. The normalized spacial score (nSPS) is 14.2. The number of hydrogen-bond donors (Lipinski definition) is 0. The maximum atomic E-state index is 13.0. The van der Waals surface area contributed by atoms with E-state index in [1.54, 1.807) is 0 Å². The van der Waals surface area contributed by atoms with E-state index >= 15 is 0 Å². The van der Waals surface area contributed by atoms with Gasteiger partial charge in [-0.25, -0.2) is 14.0 Å². The number of cyclic esters (lactones) is 2. The summed E-state index contributed by atoms with van der Waals surface area (Å²) in [6.07, 6.45) is 0. The van der Waals surface area contributed by atoms with Crippen LogP contribution >= 0.6 is 23.2 Å². The highest BCUT2D eigenvalue weighted by Gasteiger charge is 2.34. The molecule has 0 amide bonds. The van der Waals surface area contributed by atoms with Crippen molar-refractivity contribution in [2.75, 3.05) is 0 Å². The van der Waals surface area contributed by atoms with Gasteiger partial charge in [0.25, 0.3) is 0 Å². The smallest absolute Gasteiger partial charge is 0.348 e. The maximum Gasteiger partial charge on any atom is 0.348 e. The van der Waals surface area contributed by atoms with Gasteiger partial charge in [0, 0.05) is 0 Å². The summed E-state index contributed by atoms with van der Waals surface area (Å²) in [6.45, 7) is 0. The van der Waals surface area contributed by atoms with Gasteiger partial charge in [0.1, 0.15) is 5.82 Å². The molecule has 1 aromatic carbocycles. The van der Waals surface area contributed by atoms with E-state index in [9.17, 15) is 14.0 Å². The SMILES string of the molecule is O=C1OC(=O)c2c1cc(F)c(Cl)c2Cl.